The van der Waals surface area contributed by atoms with E-state index in [1.807, 2.05) is 0 Å². The van der Waals surface area contributed by atoms with Crippen LogP contribution < -0.4 is 0 Å². The van der Waals surface area contributed by atoms with Crippen molar-refractivity contribution in [3.05, 3.63) is 72.9 Å². The Bertz CT molecular complexity index is 1930. The summed E-state index contributed by atoms with van der Waals surface area (Å²) < 4.78 is 0. The third-order valence-electron chi connectivity index (χ3n) is 9.12. The summed E-state index contributed by atoms with van der Waals surface area (Å²) in [6.07, 6.45) is 27.3. The molecule has 0 amide bonds. The molecule has 3 fully saturated rings. The number of hydrogen-bond donors (Lipinski definition) is 0. The van der Waals surface area contributed by atoms with Gasteiger partial charge in [0.2, 0.25) is 23.1 Å². The van der Waals surface area contributed by atoms with Crippen LogP contribution in [0.2, 0.25) is 0 Å². The molecule has 3 saturated carbocycles. The van der Waals surface area contributed by atoms with Gasteiger partial charge in [-0.15, -0.1) is 0 Å². The second-order valence-corrected chi connectivity index (χ2v) is 14.7. The molecule has 0 saturated heterocycles. The standard InChI is InChI=1S/C6H8O2.C6H6O2.C6H4O2.C6H8O2.C6H6O2.C6H8O2.2C6H6O2/c3*7-5-1-2-6(8)4-3-5;2*7-5-2-1-3-6(8)4-5;3*7-5-3-1-2-4-6(5)8/h1-4H2;1-2H,3-4H2;1-4H;1-4H2;1-2H,3-4H2;1-4H2;1,3H,2,4H2;1-2H,3-4H2. The molecule has 0 atom stereocenters. The average molecular weight is 885 g/mol. The molecule has 340 valence electrons. The van der Waals surface area contributed by atoms with E-state index in [2.05, 4.69) is 0 Å². The van der Waals surface area contributed by atoms with Crippen LogP contribution in [-0.4, -0.2) is 92.5 Å². The molecule has 16 nitrogen and oxygen atoms in total. The van der Waals surface area contributed by atoms with Gasteiger partial charge < -0.3 is 0 Å². The van der Waals surface area contributed by atoms with E-state index in [0.29, 0.717) is 89.9 Å². The molecule has 8 aliphatic rings. The van der Waals surface area contributed by atoms with E-state index in [9.17, 15) is 76.7 Å². The molecule has 0 N–H and O–H groups in total. The Labute approximate surface area is 369 Å². The first-order valence-electron chi connectivity index (χ1n) is 20.8. The van der Waals surface area contributed by atoms with Crippen LogP contribution in [0.15, 0.2) is 72.9 Å². The molecule has 16 heteroatoms. The van der Waals surface area contributed by atoms with E-state index in [1.54, 1.807) is 24.3 Å². The number of carbonyl (C=O) groups excluding carboxylic acids is 16. The molecular formula is C48H52O16. The highest BCUT2D eigenvalue weighted by Gasteiger charge is 2.18. The molecule has 0 spiro atoms. The van der Waals surface area contributed by atoms with E-state index in [1.165, 1.54) is 48.6 Å². The molecule has 0 aromatic rings. The molecule has 0 aliphatic heterocycles. The van der Waals surface area contributed by atoms with Gasteiger partial charge in [0, 0.05) is 89.9 Å². The molecule has 0 heterocycles. The third kappa shape index (κ3) is 27.9. The quantitative estimate of drug-likeness (QED) is 0.142. The summed E-state index contributed by atoms with van der Waals surface area (Å²) in [6.45, 7) is 0. The summed E-state index contributed by atoms with van der Waals surface area (Å²) in [4.78, 5) is 166. The summed E-state index contributed by atoms with van der Waals surface area (Å²) in [6, 6.07) is 0. The number of carbonyl (C=O) groups is 16. The lowest BCUT2D eigenvalue weighted by Crippen LogP contribution is -2.17. The van der Waals surface area contributed by atoms with Crippen molar-refractivity contribution in [1.82, 2.24) is 0 Å². The molecule has 0 radical (unpaired) electrons. The van der Waals surface area contributed by atoms with Crippen LogP contribution in [0.1, 0.15) is 128 Å². The number of hydrogen-bond acceptors (Lipinski definition) is 16. The van der Waals surface area contributed by atoms with Gasteiger partial charge in [0.1, 0.15) is 28.9 Å². The van der Waals surface area contributed by atoms with Crippen LogP contribution >= 0.6 is 0 Å². The molecular weight excluding hydrogens is 833 g/mol. The minimum atomic E-state index is -0.351. The lowest BCUT2D eigenvalue weighted by Gasteiger charge is -2.04. The fourth-order valence-electron chi connectivity index (χ4n) is 5.45. The van der Waals surface area contributed by atoms with E-state index in [4.69, 9.17) is 0 Å². The topological polar surface area (TPSA) is 273 Å². The highest BCUT2D eigenvalue weighted by molar-refractivity contribution is 6.42. The third-order valence-corrected chi connectivity index (χ3v) is 9.12. The predicted molar refractivity (Wildman–Crippen MR) is 227 cm³/mol. The maximum atomic E-state index is 10.5. The lowest BCUT2D eigenvalue weighted by atomic mass is 9.98. The smallest absolute Gasteiger partial charge is 0.221 e. The summed E-state index contributed by atoms with van der Waals surface area (Å²) in [7, 11) is 0. The zero-order valence-electron chi connectivity index (χ0n) is 35.6. The SMILES string of the molecule is O=C1C=CC(=O)C=C1.O=C1C=CC(=O)CC1.O=C1C=CCC(=O)C1.O=C1C=CCCC1=O.O=C1CC=CCC1=O.O=C1CCC(=O)CC1.O=C1CCCC(=O)C1.O=C1CCCCC1=O. The summed E-state index contributed by atoms with van der Waals surface area (Å²) in [5, 5.41) is 0. The highest BCUT2D eigenvalue weighted by atomic mass is 16.2. The van der Waals surface area contributed by atoms with Gasteiger partial charge >= 0.3 is 0 Å². The Morgan fingerprint density at radius 1 is 0.266 bits per heavy atom. The second kappa shape index (κ2) is 31.9. The second-order valence-electron chi connectivity index (χ2n) is 14.7. The molecule has 0 bridgehead atoms. The van der Waals surface area contributed by atoms with Crippen LogP contribution in [0.5, 0.6) is 0 Å². The normalized spacial score (nSPS) is 20.0. The number of ketones is 16. The molecule has 64 heavy (non-hydrogen) atoms. The van der Waals surface area contributed by atoms with E-state index < -0.39 is 0 Å². The Morgan fingerprint density at radius 2 is 0.719 bits per heavy atom. The first-order chi connectivity index (χ1) is 30.4. The van der Waals surface area contributed by atoms with Crippen LogP contribution in [0.4, 0.5) is 0 Å². The Morgan fingerprint density at radius 3 is 1.00 bits per heavy atom. The summed E-state index contributed by atoms with van der Waals surface area (Å²) >= 11 is 0. The maximum Gasteiger partial charge on any atom is 0.221 e. The zero-order chi connectivity index (χ0) is 47.9. The van der Waals surface area contributed by atoms with E-state index in [0.717, 1.165) is 25.7 Å². The molecule has 8 aliphatic carbocycles. The van der Waals surface area contributed by atoms with E-state index >= 15 is 0 Å². The first kappa shape index (κ1) is 55.2. The zero-order valence-corrected chi connectivity index (χ0v) is 35.6. The van der Waals surface area contributed by atoms with Gasteiger partial charge in [-0.3, -0.25) is 76.7 Å². The molecule has 8 rings (SSSR count). The largest absolute Gasteiger partial charge is 0.300 e. The first-order valence-corrected chi connectivity index (χ1v) is 20.8. The van der Waals surface area contributed by atoms with Gasteiger partial charge in [0.25, 0.3) is 0 Å². The monoisotopic (exact) mass is 884 g/mol. The van der Waals surface area contributed by atoms with E-state index in [-0.39, 0.29) is 105 Å². The van der Waals surface area contributed by atoms with Crippen molar-refractivity contribution >= 4 is 92.5 Å². The predicted octanol–water partition coefficient (Wildman–Crippen LogP) is 4.24. The van der Waals surface area contributed by atoms with Crippen LogP contribution in [-0.2, 0) is 76.7 Å². The highest BCUT2D eigenvalue weighted by Crippen LogP contribution is 2.11. The van der Waals surface area contributed by atoms with Crippen molar-refractivity contribution in [2.24, 2.45) is 0 Å². The Hall–Kier alpha value is -6.84. The number of rotatable bonds is 0. The molecule has 0 aromatic heterocycles. The number of Topliss-reactive ketones (excluding diaryl/α,β-unsaturated/α-hetero) is 10. The lowest BCUT2D eigenvalue weighted by molar-refractivity contribution is -0.137. The summed E-state index contributed by atoms with van der Waals surface area (Å²) in [5.74, 6) is -0.921. The van der Waals surface area contributed by atoms with Gasteiger partial charge in [-0.05, 0) is 74.3 Å². The van der Waals surface area contributed by atoms with Gasteiger partial charge in [-0.25, -0.2) is 0 Å². The Balaban J connectivity index is 0.000000366. The van der Waals surface area contributed by atoms with Crippen LogP contribution in [0.3, 0.4) is 0 Å². The van der Waals surface area contributed by atoms with Crippen molar-refractivity contribution in [1.29, 1.82) is 0 Å². The van der Waals surface area contributed by atoms with Crippen molar-refractivity contribution in [3.63, 3.8) is 0 Å². The Kier molecular flexibility index (Phi) is 27.5. The van der Waals surface area contributed by atoms with Gasteiger partial charge in [-0.2, -0.15) is 0 Å². The van der Waals surface area contributed by atoms with Crippen LogP contribution in [0, 0.1) is 0 Å². The van der Waals surface area contributed by atoms with Crippen LogP contribution in [0.25, 0.3) is 0 Å². The minimum Gasteiger partial charge on any atom is -0.300 e. The van der Waals surface area contributed by atoms with Gasteiger partial charge in [-0.1, -0.05) is 24.3 Å². The fraction of sp³-hybridized carbons (Fsp3) is 0.417. The maximum absolute atomic E-state index is 10.5. The molecule has 0 unspecified atom stereocenters. The minimum absolute atomic E-state index is 0.0255. The van der Waals surface area contributed by atoms with Gasteiger partial charge in [0.15, 0.2) is 40.5 Å². The average Bonchev–Trinajstić information content (AvgIpc) is 3.26. The van der Waals surface area contributed by atoms with Crippen molar-refractivity contribution in [2.75, 3.05) is 0 Å². The van der Waals surface area contributed by atoms with Gasteiger partial charge in [0.05, 0.1) is 12.8 Å². The van der Waals surface area contributed by atoms with Crippen molar-refractivity contribution < 1.29 is 76.7 Å². The fourth-order valence-corrected chi connectivity index (χ4v) is 5.45. The number of allylic oxidation sites excluding steroid dienone is 12. The van der Waals surface area contributed by atoms with Crippen molar-refractivity contribution in [3.8, 4) is 0 Å². The van der Waals surface area contributed by atoms with Crippen molar-refractivity contribution in [2.45, 2.75) is 128 Å². The molecule has 0 aromatic carbocycles. The summed E-state index contributed by atoms with van der Waals surface area (Å²) in [5.41, 5.74) is 0.